The summed E-state index contributed by atoms with van der Waals surface area (Å²) in [6.45, 7) is 2.10. The second-order valence-corrected chi connectivity index (χ2v) is 5.80. The molecular weight excluding hydrogens is 268 g/mol. The maximum Gasteiger partial charge on any atom is 0.328 e. The van der Waals surface area contributed by atoms with E-state index in [0.29, 0.717) is 11.3 Å². The van der Waals surface area contributed by atoms with Crippen LogP contribution in [0.2, 0.25) is 0 Å². The molecule has 0 bridgehead atoms. The molecule has 0 aliphatic heterocycles. The minimum atomic E-state index is -1.23. The summed E-state index contributed by atoms with van der Waals surface area (Å²) in [6.07, 6.45) is 4.38. The van der Waals surface area contributed by atoms with E-state index in [4.69, 9.17) is 5.11 Å². The Morgan fingerprint density at radius 1 is 1.32 bits per heavy atom. The lowest BCUT2D eigenvalue weighted by Crippen LogP contribution is -2.43. The van der Waals surface area contributed by atoms with Crippen molar-refractivity contribution in [1.82, 2.24) is 10.6 Å². The van der Waals surface area contributed by atoms with Crippen molar-refractivity contribution in [1.29, 1.82) is 0 Å². The molecule has 0 spiro atoms. The Labute approximate surface area is 116 Å². The van der Waals surface area contributed by atoms with Crippen LogP contribution in [-0.4, -0.2) is 40.1 Å². The summed E-state index contributed by atoms with van der Waals surface area (Å²) < 4.78 is 0. The van der Waals surface area contributed by atoms with Crippen molar-refractivity contribution < 1.29 is 19.5 Å². The van der Waals surface area contributed by atoms with E-state index in [-0.39, 0.29) is 6.04 Å². The third kappa shape index (κ3) is 6.28. The molecule has 6 nitrogen and oxygen atoms in total. The van der Waals surface area contributed by atoms with E-state index in [9.17, 15) is 14.4 Å². The van der Waals surface area contributed by atoms with Crippen LogP contribution in [0.15, 0.2) is 12.2 Å². The van der Waals surface area contributed by atoms with Crippen molar-refractivity contribution in [2.75, 3.05) is 5.75 Å². The van der Waals surface area contributed by atoms with Crippen LogP contribution in [0.3, 0.4) is 0 Å². The lowest BCUT2D eigenvalue weighted by atomic mass is 10.2. The average molecular weight is 286 g/mol. The van der Waals surface area contributed by atoms with Crippen LogP contribution >= 0.6 is 11.8 Å². The Hall–Kier alpha value is -1.50. The molecule has 1 aliphatic carbocycles. The summed E-state index contributed by atoms with van der Waals surface area (Å²) >= 11 is 1.88. The number of carbonyl (C=O) groups excluding carboxylic acids is 2. The molecule has 0 saturated heterocycles. The van der Waals surface area contributed by atoms with Gasteiger partial charge in [0.2, 0.25) is 0 Å². The number of imide groups is 1. The molecule has 2 atom stereocenters. The van der Waals surface area contributed by atoms with Gasteiger partial charge in [0.1, 0.15) is 0 Å². The normalized spacial score (nSPS) is 22.4. The summed E-state index contributed by atoms with van der Waals surface area (Å²) in [5.74, 6) is -0.912. The van der Waals surface area contributed by atoms with E-state index in [2.05, 4.69) is 17.6 Å². The van der Waals surface area contributed by atoms with Gasteiger partial charge in [0.05, 0.1) is 0 Å². The number of carboxylic acid groups (broad SMARTS) is 1. The highest BCUT2D eigenvalue weighted by molar-refractivity contribution is 7.99. The van der Waals surface area contributed by atoms with Gasteiger partial charge in [-0.3, -0.25) is 10.1 Å². The Bertz CT molecular complexity index is 384. The molecule has 0 aromatic rings. The zero-order valence-corrected chi connectivity index (χ0v) is 11.5. The molecule has 1 rings (SSSR count). The molecule has 3 amide bonds. The second-order valence-electron chi connectivity index (χ2n) is 4.22. The number of carbonyl (C=O) groups is 3. The van der Waals surface area contributed by atoms with Crippen LogP contribution in [0.1, 0.15) is 26.2 Å². The molecule has 0 aromatic heterocycles. The first-order valence-electron chi connectivity index (χ1n) is 6.15. The number of thioether (sulfide) groups is 1. The SMILES string of the molecule is CCSC1CCC(NC(=O)NC(=O)/C=C/C(=O)O)C1. The van der Waals surface area contributed by atoms with Gasteiger partial charge in [0, 0.05) is 23.4 Å². The van der Waals surface area contributed by atoms with Gasteiger partial charge in [-0.25, -0.2) is 9.59 Å². The van der Waals surface area contributed by atoms with E-state index in [0.717, 1.165) is 31.1 Å². The van der Waals surface area contributed by atoms with Crippen molar-refractivity contribution in [3.05, 3.63) is 12.2 Å². The van der Waals surface area contributed by atoms with E-state index >= 15 is 0 Å². The Morgan fingerprint density at radius 2 is 2.05 bits per heavy atom. The molecule has 3 N–H and O–H groups in total. The first-order chi connectivity index (χ1) is 9.01. The van der Waals surface area contributed by atoms with E-state index in [1.165, 1.54) is 0 Å². The van der Waals surface area contributed by atoms with Crippen LogP contribution in [0, 0.1) is 0 Å². The molecule has 0 radical (unpaired) electrons. The number of aliphatic carboxylic acids is 1. The largest absolute Gasteiger partial charge is 0.478 e. The maximum atomic E-state index is 11.5. The second kappa shape index (κ2) is 7.83. The lowest BCUT2D eigenvalue weighted by molar-refractivity contribution is -0.131. The van der Waals surface area contributed by atoms with E-state index in [1.807, 2.05) is 11.8 Å². The van der Waals surface area contributed by atoms with Gasteiger partial charge in [0.15, 0.2) is 0 Å². The quantitative estimate of drug-likeness (QED) is 0.658. The highest BCUT2D eigenvalue weighted by Gasteiger charge is 2.25. The number of nitrogens with one attached hydrogen (secondary N) is 2. The fourth-order valence-electron chi connectivity index (χ4n) is 1.98. The number of urea groups is 1. The Morgan fingerprint density at radius 3 is 2.68 bits per heavy atom. The van der Waals surface area contributed by atoms with Gasteiger partial charge in [-0.05, 0) is 25.0 Å². The van der Waals surface area contributed by atoms with Crippen molar-refractivity contribution in [2.45, 2.75) is 37.5 Å². The minimum Gasteiger partial charge on any atom is -0.478 e. The van der Waals surface area contributed by atoms with Gasteiger partial charge in [-0.15, -0.1) is 0 Å². The third-order valence-corrected chi connectivity index (χ3v) is 3.97. The van der Waals surface area contributed by atoms with Gasteiger partial charge >= 0.3 is 12.0 Å². The van der Waals surface area contributed by atoms with Crippen LogP contribution in [0.4, 0.5) is 4.79 Å². The monoisotopic (exact) mass is 286 g/mol. The zero-order valence-electron chi connectivity index (χ0n) is 10.7. The topological polar surface area (TPSA) is 95.5 Å². The molecular formula is C12H18N2O4S. The highest BCUT2D eigenvalue weighted by Crippen LogP contribution is 2.29. The number of hydrogen-bond acceptors (Lipinski definition) is 4. The van der Waals surface area contributed by atoms with E-state index < -0.39 is 17.9 Å². The van der Waals surface area contributed by atoms with Gasteiger partial charge in [-0.2, -0.15) is 11.8 Å². The predicted octanol–water partition coefficient (Wildman–Crippen LogP) is 1.13. The summed E-state index contributed by atoms with van der Waals surface area (Å²) in [5, 5.41) is 13.7. The minimum absolute atomic E-state index is 0.0836. The molecule has 7 heteroatoms. The fourth-order valence-corrected chi connectivity index (χ4v) is 3.12. The Balaban J connectivity index is 2.28. The molecule has 1 saturated carbocycles. The highest BCUT2D eigenvalue weighted by atomic mass is 32.2. The van der Waals surface area contributed by atoms with Crippen LogP contribution < -0.4 is 10.6 Å². The first-order valence-corrected chi connectivity index (χ1v) is 7.20. The molecule has 1 aliphatic rings. The number of rotatable bonds is 5. The molecule has 106 valence electrons. The average Bonchev–Trinajstić information content (AvgIpc) is 2.74. The molecule has 0 heterocycles. The van der Waals surface area contributed by atoms with Crippen molar-refractivity contribution in [3.8, 4) is 0 Å². The summed E-state index contributed by atoms with van der Waals surface area (Å²) in [5.41, 5.74) is 0. The van der Waals surface area contributed by atoms with Gasteiger partial charge < -0.3 is 10.4 Å². The molecule has 19 heavy (non-hydrogen) atoms. The number of amides is 3. The van der Waals surface area contributed by atoms with Crippen LogP contribution in [-0.2, 0) is 9.59 Å². The van der Waals surface area contributed by atoms with Crippen molar-refractivity contribution >= 4 is 29.7 Å². The maximum absolute atomic E-state index is 11.5. The number of carboxylic acids is 1. The lowest BCUT2D eigenvalue weighted by Gasteiger charge is -2.12. The first kappa shape index (κ1) is 15.6. The van der Waals surface area contributed by atoms with Gasteiger partial charge in [0.25, 0.3) is 5.91 Å². The standard InChI is InChI=1S/C12H18N2O4S/c1-2-19-9-4-3-8(7-9)13-12(18)14-10(15)5-6-11(16)17/h5-6,8-9H,2-4,7H2,1H3,(H,16,17)(H2,13,14,15,18)/b6-5+. The Kier molecular flexibility index (Phi) is 6.41. The zero-order chi connectivity index (χ0) is 14.3. The van der Waals surface area contributed by atoms with Gasteiger partial charge in [-0.1, -0.05) is 6.92 Å². The predicted molar refractivity (Wildman–Crippen MR) is 73.0 cm³/mol. The van der Waals surface area contributed by atoms with Crippen molar-refractivity contribution in [2.24, 2.45) is 0 Å². The fraction of sp³-hybridized carbons (Fsp3) is 0.583. The molecule has 2 unspecified atom stereocenters. The third-order valence-electron chi connectivity index (χ3n) is 2.74. The molecule has 0 aromatic carbocycles. The number of hydrogen-bond donors (Lipinski definition) is 3. The molecule has 1 fully saturated rings. The van der Waals surface area contributed by atoms with Crippen molar-refractivity contribution in [3.63, 3.8) is 0 Å². The van der Waals surface area contributed by atoms with E-state index in [1.54, 1.807) is 0 Å². The van der Waals surface area contributed by atoms with Crippen LogP contribution in [0.5, 0.6) is 0 Å². The van der Waals surface area contributed by atoms with Crippen LogP contribution in [0.25, 0.3) is 0 Å². The summed E-state index contributed by atoms with van der Waals surface area (Å²) in [7, 11) is 0. The summed E-state index contributed by atoms with van der Waals surface area (Å²) in [6, 6.07) is -0.493. The summed E-state index contributed by atoms with van der Waals surface area (Å²) in [4.78, 5) is 32.9. The smallest absolute Gasteiger partial charge is 0.328 e.